The number of rotatable bonds is 1. The van der Waals surface area contributed by atoms with E-state index < -0.39 is 11.4 Å². The number of halogens is 2. The number of hydrogen-bond donors (Lipinski definition) is 1. The first-order chi connectivity index (χ1) is 11.5. The number of nitrogens with two attached hydrogens (primary N) is 1. The van der Waals surface area contributed by atoms with Gasteiger partial charge in [-0.1, -0.05) is 15.9 Å². The Labute approximate surface area is 146 Å². The van der Waals surface area contributed by atoms with Gasteiger partial charge in [-0.3, -0.25) is 4.99 Å². The lowest BCUT2D eigenvalue weighted by Gasteiger charge is -2.39. The number of ether oxygens (including phenoxy) is 3. The molecule has 124 valence electrons. The van der Waals surface area contributed by atoms with Gasteiger partial charge in [0.25, 0.3) is 0 Å². The van der Waals surface area contributed by atoms with Crippen molar-refractivity contribution in [2.75, 3.05) is 20.3 Å². The molecule has 1 atom stereocenters. The van der Waals surface area contributed by atoms with Gasteiger partial charge in [0.15, 0.2) is 11.6 Å². The highest BCUT2D eigenvalue weighted by Gasteiger charge is 2.46. The van der Waals surface area contributed by atoms with E-state index in [-0.39, 0.29) is 19.0 Å². The van der Waals surface area contributed by atoms with Gasteiger partial charge < -0.3 is 19.9 Å². The van der Waals surface area contributed by atoms with Crippen LogP contribution in [0.3, 0.4) is 0 Å². The molecule has 0 aliphatic carbocycles. The van der Waals surface area contributed by atoms with Crippen LogP contribution in [-0.4, -0.2) is 26.2 Å². The van der Waals surface area contributed by atoms with Crippen molar-refractivity contribution in [1.29, 1.82) is 0 Å². The zero-order valence-electron chi connectivity index (χ0n) is 12.8. The van der Waals surface area contributed by atoms with Crippen LogP contribution in [-0.2, 0) is 10.3 Å². The fraction of sp³-hybridized carbons (Fsp3) is 0.235. The molecule has 2 aromatic rings. The lowest BCUT2D eigenvalue weighted by atomic mass is 9.80. The Morgan fingerprint density at radius 3 is 2.88 bits per heavy atom. The topological polar surface area (TPSA) is 66.1 Å². The zero-order chi connectivity index (χ0) is 16.9. The predicted molar refractivity (Wildman–Crippen MR) is 90.4 cm³/mol. The van der Waals surface area contributed by atoms with E-state index in [0.717, 1.165) is 5.56 Å². The van der Waals surface area contributed by atoms with E-state index in [1.54, 1.807) is 25.3 Å². The summed E-state index contributed by atoms with van der Waals surface area (Å²) in [6.07, 6.45) is 0. The molecular weight excluding hydrogens is 379 g/mol. The molecule has 1 spiro atoms. The number of methoxy groups -OCH3 is 1. The lowest BCUT2D eigenvalue weighted by molar-refractivity contribution is 0.109. The van der Waals surface area contributed by atoms with Gasteiger partial charge in [-0.25, -0.2) is 4.39 Å². The molecule has 0 aromatic heterocycles. The van der Waals surface area contributed by atoms with Gasteiger partial charge in [-0.05, 0) is 30.3 Å². The molecule has 2 aliphatic rings. The first kappa shape index (κ1) is 15.4. The Balaban J connectivity index is 2.06. The van der Waals surface area contributed by atoms with Crippen molar-refractivity contribution in [3.8, 4) is 17.2 Å². The van der Waals surface area contributed by atoms with Gasteiger partial charge in [0.05, 0.1) is 13.7 Å². The molecule has 0 fully saturated rings. The van der Waals surface area contributed by atoms with Crippen LogP contribution in [0.5, 0.6) is 17.2 Å². The summed E-state index contributed by atoms with van der Waals surface area (Å²) in [7, 11) is 1.58. The minimum atomic E-state index is -0.968. The quantitative estimate of drug-likeness (QED) is 0.807. The van der Waals surface area contributed by atoms with E-state index in [1.807, 2.05) is 6.07 Å². The second-order valence-electron chi connectivity index (χ2n) is 5.68. The van der Waals surface area contributed by atoms with Crippen LogP contribution in [0, 0.1) is 5.82 Å². The molecule has 2 heterocycles. The van der Waals surface area contributed by atoms with Gasteiger partial charge in [0.1, 0.15) is 29.5 Å². The maximum Gasteiger partial charge on any atom is 0.169 e. The fourth-order valence-corrected chi connectivity index (χ4v) is 3.59. The monoisotopic (exact) mass is 392 g/mol. The highest BCUT2D eigenvalue weighted by atomic mass is 79.9. The summed E-state index contributed by atoms with van der Waals surface area (Å²) < 4.78 is 31.9. The third-order valence-electron chi connectivity index (χ3n) is 4.19. The molecule has 0 bridgehead atoms. The maximum atomic E-state index is 14.5. The number of fused-ring (bicyclic) bond motifs is 4. The molecule has 0 unspecified atom stereocenters. The number of nitrogens with zero attached hydrogens (tertiary/aromatic N) is 1. The minimum absolute atomic E-state index is 0.137. The van der Waals surface area contributed by atoms with Gasteiger partial charge in [0, 0.05) is 15.6 Å². The standard InChI is InChI=1S/C17H14BrFN2O3/c1-22-10-2-3-14-11(6-10)17(8-23-7-15(20)21-17)12-4-9(18)5-13(19)16(12)24-14/h2-6H,7-8H2,1H3,(H2,20,21)/t17-/m0/s1. The smallest absolute Gasteiger partial charge is 0.169 e. The largest absolute Gasteiger partial charge is 0.497 e. The third kappa shape index (κ3) is 2.19. The summed E-state index contributed by atoms with van der Waals surface area (Å²) in [5.41, 5.74) is 6.28. The molecule has 2 N–H and O–H groups in total. The average Bonchev–Trinajstić information content (AvgIpc) is 2.56. The van der Waals surface area contributed by atoms with Gasteiger partial charge in [-0.2, -0.15) is 0 Å². The zero-order valence-corrected chi connectivity index (χ0v) is 14.4. The van der Waals surface area contributed by atoms with Crippen molar-refractivity contribution in [2.24, 2.45) is 10.7 Å². The molecule has 2 aliphatic heterocycles. The Morgan fingerprint density at radius 1 is 1.29 bits per heavy atom. The average molecular weight is 393 g/mol. The van der Waals surface area contributed by atoms with Crippen LogP contribution in [0.15, 0.2) is 39.8 Å². The van der Waals surface area contributed by atoms with Crippen molar-refractivity contribution in [2.45, 2.75) is 5.54 Å². The van der Waals surface area contributed by atoms with Crippen LogP contribution < -0.4 is 15.2 Å². The Morgan fingerprint density at radius 2 is 2.12 bits per heavy atom. The molecular formula is C17H14BrFN2O3. The molecule has 24 heavy (non-hydrogen) atoms. The van der Waals surface area contributed by atoms with E-state index in [9.17, 15) is 4.39 Å². The number of benzene rings is 2. The summed E-state index contributed by atoms with van der Waals surface area (Å²) in [5, 5.41) is 0. The first-order valence-corrected chi connectivity index (χ1v) is 8.10. The second kappa shape index (κ2) is 5.46. The van der Waals surface area contributed by atoms with Crippen molar-refractivity contribution in [1.82, 2.24) is 0 Å². The van der Waals surface area contributed by atoms with E-state index in [2.05, 4.69) is 20.9 Å². The normalized spacial score (nSPS) is 21.5. The van der Waals surface area contributed by atoms with E-state index in [0.29, 0.717) is 27.4 Å². The highest BCUT2D eigenvalue weighted by Crippen LogP contribution is 2.52. The molecule has 0 saturated carbocycles. The summed E-state index contributed by atoms with van der Waals surface area (Å²) in [4.78, 5) is 4.66. The highest BCUT2D eigenvalue weighted by molar-refractivity contribution is 9.10. The third-order valence-corrected chi connectivity index (χ3v) is 4.65. The summed E-state index contributed by atoms with van der Waals surface area (Å²) in [6, 6.07) is 8.46. The van der Waals surface area contributed by atoms with E-state index >= 15 is 0 Å². The van der Waals surface area contributed by atoms with Gasteiger partial charge >= 0.3 is 0 Å². The van der Waals surface area contributed by atoms with Crippen molar-refractivity contribution in [3.63, 3.8) is 0 Å². The molecule has 0 amide bonds. The minimum Gasteiger partial charge on any atom is -0.497 e. The van der Waals surface area contributed by atoms with E-state index in [1.165, 1.54) is 6.07 Å². The van der Waals surface area contributed by atoms with Crippen molar-refractivity contribution >= 4 is 21.8 Å². The maximum absolute atomic E-state index is 14.5. The molecule has 0 saturated heterocycles. The van der Waals surface area contributed by atoms with E-state index in [4.69, 9.17) is 19.9 Å². The number of hydrogen-bond acceptors (Lipinski definition) is 5. The van der Waals surface area contributed by atoms with Crippen LogP contribution >= 0.6 is 15.9 Å². The fourth-order valence-electron chi connectivity index (χ4n) is 3.16. The van der Waals surface area contributed by atoms with Crippen LogP contribution in [0.4, 0.5) is 4.39 Å². The van der Waals surface area contributed by atoms with Crippen LogP contribution in [0.1, 0.15) is 11.1 Å². The lowest BCUT2D eigenvalue weighted by Crippen LogP contribution is -2.42. The van der Waals surface area contributed by atoms with Crippen LogP contribution in [0.2, 0.25) is 0 Å². The molecule has 4 rings (SSSR count). The Kier molecular flexibility index (Phi) is 3.51. The molecule has 5 nitrogen and oxygen atoms in total. The SMILES string of the molecule is COc1ccc2c(c1)[C@@]1(COCC(N)=N1)c1cc(Br)cc(F)c1O2. The molecule has 0 radical (unpaired) electrons. The summed E-state index contributed by atoms with van der Waals surface area (Å²) >= 11 is 3.33. The Hall–Kier alpha value is -2.12. The van der Waals surface area contributed by atoms with Gasteiger partial charge in [-0.15, -0.1) is 0 Å². The van der Waals surface area contributed by atoms with Crippen molar-refractivity contribution < 1.29 is 18.6 Å². The summed E-state index contributed by atoms with van der Waals surface area (Å²) in [5.74, 6) is 1.17. The van der Waals surface area contributed by atoms with Crippen LogP contribution in [0.25, 0.3) is 0 Å². The summed E-state index contributed by atoms with van der Waals surface area (Å²) in [6.45, 7) is 0.480. The van der Waals surface area contributed by atoms with Crippen molar-refractivity contribution in [3.05, 3.63) is 51.7 Å². The second-order valence-corrected chi connectivity index (χ2v) is 6.60. The Bertz CT molecular complexity index is 871. The first-order valence-electron chi connectivity index (χ1n) is 7.31. The molecule has 2 aromatic carbocycles. The number of aliphatic imine (C=N–C) groups is 1. The number of amidine groups is 1. The van der Waals surface area contributed by atoms with Gasteiger partial charge in [0.2, 0.25) is 0 Å². The molecule has 7 heteroatoms. The predicted octanol–water partition coefficient (Wildman–Crippen LogP) is 3.33.